The molecule has 0 radical (unpaired) electrons. The molecule has 0 aromatic carbocycles. The lowest BCUT2D eigenvalue weighted by Gasteiger charge is -1.94. The highest BCUT2D eigenvalue weighted by molar-refractivity contribution is 7.16. The van der Waals surface area contributed by atoms with Gasteiger partial charge in [0.25, 0.3) is 0 Å². The summed E-state index contributed by atoms with van der Waals surface area (Å²) in [6, 6.07) is 18.3. The number of nitriles is 4. The van der Waals surface area contributed by atoms with E-state index in [2.05, 4.69) is 15.0 Å². The van der Waals surface area contributed by atoms with Crippen LogP contribution in [0.25, 0.3) is 56.6 Å². The molecule has 0 bridgehead atoms. The third kappa shape index (κ3) is 4.86. The number of hydrogen-bond acceptors (Lipinski definition) is 10. The molecule has 9 nitrogen and oxygen atoms in total. The lowest BCUT2D eigenvalue weighted by atomic mass is 10.3. The number of H-pyrrole nitrogens is 1. The second-order valence-corrected chi connectivity index (χ2v) is 9.44. The van der Waals surface area contributed by atoms with Crippen molar-refractivity contribution in [2.24, 2.45) is 0 Å². The van der Waals surface area contributed by atoms with Gasteiger partial charge in [0.15, 0.2) is 33.1 Å². The van der Waals surface area contributed by atoms with Gasteiger partial charge >= 0.3 is 0 Å². The number of rotatable bonds is 6. The Balaban J connectivity index is 1.34. The highest BCUT2D eigenvalue weighted by Crippen LogP contribution is 2.35. The van der Waals surface area contributed by atoms with E-state index in [0.29, 0.717) is 42.8 Å². The second-order valence-electron chi connectivity index (χ2n) is 7.31. The Morgan fingerprint density at radius 2 is 1.05 bits per heavy atom. The topological polar surface area (TPSA) is 163 Å². The van der Waals surface area contributed by atoms with Crippen molar-refractivity contribution in [3.63, 3.8) is 0 Å². The Hall–Kier alpha value is -5.46. The van der Waals surface area contributed by atoms with E-state index in [1.165, 1.54) is 34.8 Å². The Morgan fingerprint density at radius 1 is 0.649 bits per heavy atom. The second kappa shape index (κ2) is 10.0. The normalized spacial score (nSPS) is 10.1. The fourth-order valence-corrected chi connectivity index (χ4v) is 4.92. The summed E-state index contributed by atoms with van der Waals surface area (Å²) >= 11 is 2.63. The van der Waals surface area contributed by atoms with E-state index in [1.807, 2.05) is 48.5 Å². The van der Waals surface area contributed by atoms with Crippen molar-refractivity contribution >= 4 is 34.8 Å². The zero-order valence-electron chi connectivity index (χ0n) is 18.6. The van der Waals surface area contributed by atoms with Gasteiger partial charge in [-0.2, -0.15) is 21.0 Å². The molecular weight excluding hydrogens is 506 g/mol. The molecule has 0 unspecified atom stereocenters. The Morgan fingerprint density at radius 3 is 1.46 bits per heavy atom. The molecule has 5 aromatic rings. The van der Waals surface area contributed by atoms with E-state index in [4.69, 9.17) is 29.9 Å². The predicted molar refractivity (Wildman–Crippen MR) is 137 cm³/mol. The summed E-state index contributed by atoms with van der Waals surface area (Å²) in [5, 5.41) is 36.9. The van der Waals surface area contributed by atoms with Crippen molar-refractivity contribution in [1.29, 1.82) is 21.0 Å². The van der Waals surface area contributed by atoms with Crippen LogP contribution < -0.4 is 0 Å². The molecule has 11 heteroatoms. The van der Waals surface area contributed by atoms with Gasteiger partial charge in [0.05, 0.1) is 11.4 Å². The molecular formula is C26H11N7O2S2. The lowest BCUT2D eigenvalue weighted by molar-refractivity contribution is 0.592. The minimum atomic E-state index is 0.00889. The van der Waals surface area contributed by atoms with Crippen LogP contribution in [0.15, 0.2) is 68.8 Å². The average molecular weight is 518 g/mol. The summed E-state index contributed by atoms with van der Waals surface area (Å²) < 4.78 is 12.0. The monoisotopic (exact) mass is 517 g/mol. The molecule has 0 aliphatic rings. The van der Waals surface area contributed by atoms with E-state index in [1.54, 1.807) is 24.5 Å². The number of aromatic amines is 1. The van der Waals surface area contributed by atoms with Crippen LogP contribution in [0.2, 0.25) is 0 Å². The summed E-state index contributed by atoms with van der Waals surface area (Å²) in [5.41, 5.74) is 1.51. The molecule has 37 heavy (non-hydrogen) atoms. The first kappa shape index (κ1) is 23.3. The van der Waals surface area contributed by atoms with Crippen LogP contribution in [0, 0.1) is 45.3 Å². The van der Waals surface area contributed by atoms with Gasteiger partial charge in [-0.05, 0) is 48.6 Å². The first-order valence-electron chi connectivity index (χ1n) is 10.5. The number of allylic oxidation sites excluding steroid dienone is 2. The molecule has 0 saturated heterocycles. The van der Waals surface area contributed by atoms with E-state index in [0.717, 1.165) is 11.4 Å². The molecule has 0 atom stereocenters. The molecule has 1 N–H and O–H groups in total. The molecule has 0 saturated carbocycles. The maximum Gasteiger partial charge on any atom is 0.163 e. The van der Waals surface area contributed by atoms with Crippen LogP contribution in [-0.4, -0.2) is 15.0 Å². The van der Waals surface area contributed by atoms with Gasteiger partial charge in [-0.25, -0.2) is 9.97 Å². The van der Waals surface area contributed by atoms with Crippen molar-refractivity contribution in [3.8, 4) is 68.7 Å². The highest BCUT2D eigenvalue weighted by atomic mass is 32.1. The first-order chi connectivity index (χ1) is 18.1. The van der Waals surface area contributed by atoms with Crippen molar-refractivity contribution in [2.75, 3.05) is 0 Å². The maximum absolute atomic E-state index is 8.92. The molecule has 0 fully saturated rings. The molecule has 0 aliphatic carbocycles. The van der Waals surface area contributed by atoms with Gasteiger partial charge in [0.1, 0.15) is 35.4 Å². The number of hydrogen-bond donors (Lipinski definition) is 1. The van der Waals surface area contributed by atoms with Gasteiger partial charge in [-0.15, -0.1) is 22.7 Å². The van der Waals surface area contributed by atoms with Crippen molar-refractivity contribution < 1.29 is 8.83 Å². The summed E-state index contributed by atoms with van der Waals surface area (Å²) in [6.45, 7) is 0. The number of nitrogens with zero attached hydrogens (tertiary/aromatic N) is 6. The first-order valence-corrected chi connectivity index (χ1v) is 12.1. The predicted octanol–water partition coefficient (Wildman–Crippen LogP) is 6.64. The van der Waals surface area contributed by atoms with E-state index < -0.39 is 0 Å². The lowest BCUT2D eigenvalue weighted by Crippen LogP contribution is -1.75. The molecule has 174 valence electrons. The third-order valence-corrected chi connectivity index (χ3v) is 6.87. The van der Waals surface area contributed by atoms with Crippen LogP contribution >= 0.6 is 22.7 Å². The summed E-state index contributed by atoms with van der Waals surface area (Å²) in [5.74, 6) is 2.35. The fraction of sp³-hybridized carbons (Fsp3) is 0. The number of thiazole rings is 2. The number of aromatic nitrogens is 3. The molecule has 0 spiro atoms. The SMILES string of the molecule is N#CC(C#N)=Cc1cnc(-c2ccc(-c3ccc(-c4ccc(-c5ncc(C=C(C#N)C#N)s5)o4)[nH]3)o2)s1. The standard InChI is InChI=1S/C26H11N7O2S2/c27-9-15(10-28)7-17-13-31-25(36-17)23-5-3-21(34-23)19-1-2-20(33-19)22-4-6-24(35-22)26-32-14-18(37-26)8-16(11-29)12-30/h1-8,13-14,33H. The Bertz CT molecular complexity index is 1680. The van der Waals surface area contributed by atoms with Gasteiger partial charge in [0.2, 0.25) is 0 Å². The van der Waals surface area contributed by atoms with Gasteiger partial charge in [-0.3, -0.25) is 0 Å². The Labute approximate surface area is 217 Å². The zero-order chi connectivity index (χ0) is 25.8. The summed E-state index contributed by atoms with van der Waals surface area (Å²) in [6.07, 6.45) is 6.15. The quantitative estimate of drug-likeness (QED) is 0.245. The fourth-order valence-electron chi connectivity index (χ4n) is 3.28. The number of furan rings is 2. The van der Waals surface area contributed by atoms with E-state index >= 15 is 0 Å². The van der Waals surface area contributed by atoms with Crippen molar-refractivity contribution in [2.45, 2.75) is 0 Å². The smallest absolute Gasteiger partial charge is 0.163 e. The molecule has 5 rings (SSSR count). The van der Waals surface area contributed by atoms with Crippen LogP contribution in [0.3, 0.4) is 0 Å². The average Bonchev–Trinajstić information content (AvgIpc) is 3.74. The third-order valence-electron chi connectivity index (χ3n) is 4.95. The van der Waals surface area contributed by atoms with Crippen molar-refractivity contribution in [1.82, 2.24) is 15.0 Å². The summed E-state index contributed by atoms with van der Waals surface area (Å²) in [7, 11) is 0. The van der Waals surface area contributed by atoms with Gasteiger partial charge < -0.3 is 13.8 Å². The number of nitrogens with one attached hydrogen (secondary N) is 1. The summed E-state index contributed by atoms with van der Waals surface area (Å²) in [4.78, 5) is 13.3. The maximum atomic E-state index is 8.92. The zero-order valence-corrected chi connectivity index (χ0v) is 20.2. The van der Waals surface area contributed by atoms with Crippen LogP contribution in [-0.2, 0) is 0 Å². The van der Waals surface area contributed by atoms with E-state index in [-0.39, 0.29) is 11.1 Å². The van der Waals surface area contributed by atoms with Crippen LogP contribution in [0.5, 0.6) is 0 Å². The molecule has 5 heterocycles. The van der Waals surface area contributed by atoms with Crippen LogP contribution in [0.1, 0.15) is 9.75 Å². The van der Waals surface area contributed by atoms with Crippen LogP contribution in [0.4, 0.5) is 0 Å². The van der Waals surface area contributed by atoms with Gasteiger partial charge in [-0.1, -0.05) is 0 Å². The molecule has 5 aromatic heterocycles. The molecule has 0 amide bonds. The largest absolute Gasteiger partial charge is 0.452 e. The Kier molecular flexibility index (Phi) is 6.31. The van der Waals surface area contributed by atoms with Gasteiger partial charge in [0, 0.05) is 22.1 Å². The molecule has 0 aliphatic heterocycles. The minimum Gasteiger partial charge on any atom is -0.452 e. The highest BCUT2D eigenvalue weighted by Gasteiger charge is 2.15. The minimum absolute atomic E-state index is 0.00889. The van der Waals surface area contributed by atoms with Crippen molar-refractivity contribution in [3.05, 3.63) is 69.7 Å². The van der Waals surface area contributed by atoms with E-state index in [9.17, 15) is 0 Å².